The van der Waals surface area contributed by atoms with Crippen LogP contribution in [0.5, 0.6) is 0 Å². The van der Waals surface area contributed by atoms with Crippen molar-refractivity contribution < 1.29 is 19.1 Å². The molecule has 1 heterocycles. The van der Waals surface area contributed by atoms with Gasteiger partial charge in [-0.05, 0) is 19.3 Å². The van der Waals surface area contributed by atoms with E-state index in [-0.39, 0.29) is 12.0 Å². The zero-order valence-electron chi connectivity index (χ0n) is 11.2. The van der Waals surface area contributed by atoms with Gasteiger partial charge in [-0.25, -0.2) is 4.79 Å². The van der Waals surface area contributed by atoms with Crippen molar-refractivity contribution in [1.29, 1.82) is 0 Å². The number of amides is 4. The number of rotatable bonds is 5. The average Bonchev–Trinajstić information content (AvgIpc) is 2.24. The third kappa shape index (κ3) is 2.87. The smallest absolute Gasteiger partial charge is 0.331 e. The lowest BCUT2D eigenvalue weighted by Gasteiger charge is -2.35. The van der Waals surface area contributed by atoms with E-state index in [1.54, 1.807) is 27.9 Å². The molecule has 0 aromatic rings. The summed E-state index contributed by atoms with van der Waals surface area (Å²) < 4.78 is 4.93. The van der Waals surface area contributed by atoms with Crippen molar-refractivity contribution in [3.05, 3.63) is 0 Å². The highest BCUT2D eigenvalue weighted by atomic mass is 16.5. The van der Waals surface area contributed by atoms with Crippen LogP contribution in [0.1, 0.15) is 27.2 Å². The van der Waals surface area contributed by atoms with Crippen molar-refractivity contribution >= 4 is 17.8 Å². The van der Waals surface area contributed by atoms with E-state index in [1.165, 1.54) is 0 Å². The van der Waals surface area contributed by atoms with Gasteiger partial charge in [-0.2, -0.15) is 0 Å². The van der Waals surface area contributed by atoms with E-state index in [1.807, 2.05) is 0 Å². The molecule has 1 N–H and O–H groups in total. The molecule has 0 aromatic carbocycles. The Bertz CT molecular complexity index is 354. The molecule has 0 aromatic heterocycles. The van der Waals surface area contributed by atoms with Crippen LogP contribution < -0.4 is 5.32 Å². The first-order valence-electron chi connectivity index (χ1n) is 6.07. The Morgan fingerprint density at radius 3 is 2.39 bits per heavy atom. The third-order valence-corrected chi connectivity index (χ3v) is 3.08. The summed E-state index contributed by atoms with van der Waals surface area (Å²) >= 11 is 0. The van der Waals surface area contributed by atoms with E-state index < -0.39 is 23.8 Å². The first kappa shape index (κ1) is 14.6. The molecule has 2 unspecified atom stereocenters. The fourth-order valence-electron chi connectivity index (χ4n) is 2.03. The Morgan fingerprint density at radius 1 is 1.28 bits per heavy atom. The van der Waals surface area contributed by atoms with Crippen molar-refractivity contribution in [2.75, 3.05) is 13.7 Å². The maximum Gasteiger partial charge on any atom is 0.331 e. The van der Waals surface area contributed by atoms with Crippen molar-refractivity contribution in [3.63, 3.8) is 0 Å². The number of imide groups is 2. The number of barbiturate groups is 1. The van der Waals surface area contributed by atoms with Gasteiger partial charge < -0.3 is 4.74 Å². The third-order valence-electron chi connectivity index (χ3n) is 3.08. The lowest BCUT2D eigenvalue weighted by Crippen LogP contribution is -2.61. The Labute approximate surface area is 107 Å². The van der Waals surface area contributed by atoms with Gasteiger partial charge in [0.2, 0.25) is 11.8 Å². The van der Waals surface area contributed by atoms with Crippen LogP contribution in [0.25, 0.3) is 0 Å². The molecule has 1 rings (SSSR count). The SMILES string of the molecule is COCCC(C)N1C(=O)NC(=O)C(C(C)C)C1=O. The molecule has 0 radical (unpaired) electrons. The molecule has 1 aliphatic rings. The maximum atomic E-state index is 12.2. The van der Waals surface area contributed by atoms with Gasteiger partial charge in [-0.1, -0.05) is 13.8 Å². The van der Waals surface area contributed by atoms with Crippen LogP contribution in [0.15, 0.2) is 0 Å². The number of carbonyl (C=O) groups excluding carboxylic acids is 3. The minimum Gasteiger partial charge on any atom is -0.385 e. The molecule has 1 fully saturated rings. The number of hydrogen-bond donors (Lipinski definition) is 1. The highest BCUT2D eigenvalue weighted by Crippen LogP contribution is 2.21. The number of urea groups is 1. The summed E-state index contributed by atoms with van der Waals surface area (Å²) in [4.78, 5) is 36.7. The number of ether oxygens (including phenoxy) is 1. The van der Waals surface area contributed by atoms with Crippen LogP contribution in [0.3, 0.4) is 0 Å². The molecule has 0 saturated carbocycles. The Morgan fingerprint density at radius 2 is 1.89 bits per heavy atom. The van der Waals surface area contributed by atoms with Crippen LogP contribution in [0, 0.1) is 11.8 Å². The zero-order chi connectivity index (χ0) is 13.9. The Balaban J connectivity index is 2.86. The molecule has 102 valence electrons. The van der Waals surface area contributed by atoms with Crippen LogP contribution >= 0.6 is 0 Å². The molecular formula is C12H20N2O4. The molecule has 1 saturated heterocycles. The predicted molar refractivity (Wildman–Crippen MR) is 64.7 cm³/mol. The molecule has 0 bridgehead atoms. The lowest BCUT2D eigenvalue weighted by atomic mass is 9.91. The molecule has 6 nitrogen and oxygen atoms in total. The van der Waals surface area contributed by atoms with E-state index in [0.29, 0.717) is 13.0 Å². The number of carbonyl (C=O) groups is 3. The number of nitrogens with zero attached hydrogens (tertiary/aromatic N) is 1. The highest BCUT2D eigenvalue weighted by Gasteiger charge is 2.43. The second-order valence-corrected chi connectivity index (χ2v) is 4.85. The second-order valence-electron chi connectivity index (χ2n) is 4.85. The van der Waals surface area contributed by atoms with Gasteiger partial charge in [0.15, 0.2) is 0 Å². The van der Waals surface area contributed by atoms with Crippen LogP contribution in [-0.2, 0) is 14.3 Å². The van der Waals surface area contributed by atoms with Gasteiger partial charge in [-0.15, -0.1) is 0 Å². The van der Waals surface area contributed by atoms with Crippen molar-refractivity contribution in [2.24, 2.45) is 11.8 Å². The molecule has 6 heteroatoms. The van der Waals surface area contributed by atoms with E-state index in [0.717, 1.165) is 4.90 Å². The largest absolute Gasteiger partial charge is 0.385 e. The van der Waals surface area contributed by atoms with Gasteiger partial charge in [-0.3, -0.25) is 19.8 Å². The number of nitrogens with one attached hydrogen (secondary N) is 1. The first-order chi connectivity index (χ1) is 8.40. The Hall–Kier alpha value is -1.43. The summed E-state index contributed by atoms with van der Waals surface area (Å²) in [6, 6.07) is -0.919. The molecule has 2 atom stereocenters. The van der Waals surface area contributed by atoms with Gasteiger partial charge in [0, 0.05) is 19.8 Å². The van der Waals surface area contributed by atoms with Crippen molar-refractivity contribution in [3.8, 4) is 0 Å². The minimum atomic E-state index is -0.785. The van der Waals surface area contributed by atoms with E-state index in [4.69, 9.17) is 4.74 Å². The van der Waals surface area contributed by atoms with Gasteiger partial charge in [0.05, 0.1) is 0 Å². The molecule has 1 aliphatic heterocycles. The highest BCUT2D eigenvalue weighted by molar-refractivity contribution is 6.16. The van der Waals surface area contributed by atoms with Gasteiger partial charge >= 0.3 is 6.03 Å². The summed E-state index contributed by atoms with van der Waals surface area (Å²) in [7, 11) is 1.56. The number of hydrogen-bond acceptors (Lipinski definition) is 4. The van der Waals surface area contributed by atoms with Gasteiger partial charge in [0.25, 0.3) is 0 Å². The summed E-state index contributed by atoms with van der Waals surface area (Å²) in [5.74, 6) is -1.84. The van der Waals surface area contributed by atoms with E-state index >= 15 is 0 Å². The first-order valence-corrected chi connectivity index (χ1v) is 6.07. The minimum absolute atomic E-state index is 0.136. The predicted octanol–water partition coefficient (Wildman–Crippen LogP) is 0.762. The summed E-state index contributed by atoms with van der Waals surface area (Å²) in [5.41, 5.74) is 0. The average molecular weight is 256 g/mol. The quantitative estimate of drug-likeness (QED) is 0.737. The van der Waals surface area contributed by atoms with Gasteiger partial charge in [0.1, 0.15) is 5.92 Å². The van der Waals surface area contributed by atoms with Crippen LogP contribution in [-0.4, -0.2) is 42.5 Å². The Kier molecular flexibility index (Phi) is 4.84. The van der Waals surface area contributed by atoms with E-state index in [9.17, 15) is 14.4 Å². The van der Waals surface area contributed by atoms with E-state index in [2.05, 4.69) is 5.32 Å². The fourth-order valence-corrected chi connectivity index (χ4v) is 2.03. The zero-order valence-corrected chi connectivity index (χ0v) is 11.2. The van der Waals surface area contributed by atoms with Crippen molar-refractivity contribution in [1.82, 2.24) is 10.2 Å². The monoisotopic (exact) mass is 256 g/mol. The maximum absolute atomic E-state index is 12.2. The molecular weight excluding hydrogens is 236 g/mol. The molecule has 4 amide bonds. The summed E-state index contributed by atoms with van der Waals surface area (Å²) in [5, 5.41) is 2.23. The van der Waals surface area contributed by atoms with Crippen LogP contribution in [0.4, 0.5) is 4.79 Å². The normalized spacial score (nSPS) is 22.4. The van der Waals surface area contributed by atoms with Crippen molar-refractivity contribution in [2.45, 2.75) is 33.2 Å². The lowest BCUT2D eigenvalue weighted by molar-refractivity contribution is -0.145. The summed E-state index contributed by atoms with van der Waals surface area (Å²) in [6.45, 7) is 5.80. The molecule has 0 aliphatic carbocycles. The standard InChI is InChI=1S/C12H20N2O4/c1-7(2)9-10(15)13-12(17)14(11(9)16)8(3)5-6-18-4/h7-9H,5-6H2,1-4H3,(H,13,15,17). The number of methoxy groups -OCH3 is 1. The molecule has 18 heavy (non-hydrogen) atoms. The molecule has 0 spiro atoms. The second kappa shape index (κ2) is 5.95. The topological polar surface area (TPSA) is 75.7 Å². The summed E-state index contributed by atoms with van der Waals surface area (Å²) in [6.07, 6.45) is 0.550. The fraction of sp³-hybridized carbons (Fsp3) is 0.750. The van der Waals surface area contributed by atoms with Crippen LogP contribution in [0.2, 0.25) is 0 Å².